The Morgan fingerprint density at radius 2 is 1.78 bits per heavy atom. The highest BCUT2D eigenvalue weighted by atomic mass is 19.1. The number of carbonyl (C=O) groups excluding carboxylic acids is 1. The predicted octanol–water partition coefficient (Wildman–Crippen LogP) is 4.73. The van der Waals surface area contributed by atoms with Crippen LogP contribution in [-0.4, -0.2) is 58.3 Å². The molecule has 6 rings (SSSR count). The molecule has 2 fully saturated rings. The van der Waals surface area contributed by atoms with Crippen molar-refractivity contribution >= 4 is 17.4 Å². The van der Waals surface area contributed by atoms with E-state index in [1.807, 2.05) is 0 Å². The summed E-state index contributed by atoms with van der Waals surface area (Å²) < 4.78 is 42.5. The number of ether oxygens (including phenoxy) is 2. The van der Waals surface area contributed by atoms with Crippen molar-refractivity contribution in [1.82, 2.24) is 19.0 Å². The number of nitrogens with two attached hydrogens (primary N) is 1. The Morgan fingerprint density at radius 3 is 2.49 bits per heavy atom. The van der Waals surface area contributed by atoms with Crippen LogP contribution in [0.5, 0.6) is 11.5 Å². The lowest BCUT2D eigenvalue weighted by molar-refractivity contribution is 0.0679. The number of benzene rings is 2. The van der Waals surface area contributed by atoms with Crippen molar-refractivity contribution in [2.75, 3.05) is 44.4 Å². The summed E-state index contributed by atoms with van der Waals surface area (Å²) in [5, 5.41) is 2.55. The average Bonchev–Trinajstić information content (AvgIpc) is 3.09. The zero-order chi connectivity index (χ0) is 34.5. The fourth-order valence-electron chi connectivity index (χ4n) is 5.97. The number of rotatable bonds is 7. The van der Waals surface area contributed by atoms with Gasteiger partial charge in [-0.3, -0.25) is 14.2 Å². The molecule has 3 N–H and O–H groups in total. The molecule has 4 heterocycles. The number of carbonyl (C=O) groups is 1. The molecule has 2 saturated heterocycles. The number of likely N-dealkylation sites (tertiary alicyclic amines) is 1. The van der Waals surface area contributed by atoms with E-state index in [1.165, 1.54) is 41.2 Å². The standard InChI is InChI=1S/C36H36F2N6O5/c1-42-17-12-23(13-18-42)3-2-4-28-31(11-16-40-33(28)39)49-32-10-7-25(21-30(32)38)41-34(45)29-22-43(26-14-19-48-20-15-26)36(47)44(35(29)46)27-8-5-24(37)6-9-27/h5-11,16,21-23,26H,3,12-15,17-20H2,1H3,(H2,39,40)(H,41,45). The zero-order valence-electron chi connectivity index (χ0n) is 27.0. The Hall–Kier alpha value is -5.32. The van der Waals surface area contributed by atoms with E-state index in [1.54, 1.807) is 6.07 Å². The van der Waals surface area contributed by atoms with Crippen molar-refractivity contribution in [3.8, 4) is 29.0 Å². The maximum absolute atomic E-state index is 15.4. The molecule has 0 saturated carbocycles. The van der Waals surface area contributed by atoms with Gasteiger partial charge in [0.05, 0.1) is 5.69 Å². The van der Waals surface area contributed by atoms with Crippen molar-refractivity contribution in [3.63, 3.8) is 0 Å². The van der Waals surface area contributed by atoms with Crippen LogP contribution in [0.4, 0.5) is 20.3 Å². The van der Waals surface area contributed by atoms with Gasteiger partial charge in [0, 0.05) is 55.9 Å². The van der Waals surface area contributed by atoms with Crippen LogP contribution in [0.1, 0.15) is 54.1 Å². The summed E-state index contributed by atoms with van der Waals surface area (Å²) in [7, 11) is 2.10. The van der Waals surface area contributed by atoms with Crippen LogP contribution in [0, 0.1) is 29.4 Å². The quantitative estimate of drug-likeness (QED) is 0.270. The van der Waals surface area contributed by atoms with E-state index in [0.29, 0.717) is 44.0 Å². The van der Waals surface area contributed by atoms with Crippen LogP contribution in [0.25, 0.3) is 5.69 Å². The predicted molar refractivity (Wildman–Crippen MR) is 180 cm³/mol. The molecule has 11 nitrogen and oxygen atoms in total. The molecule has 0 unspecified atom stereocenters. The molecule has 0 radical (unpaired) electrons. The van der Waals surface area contributed by atoms with E-state index in [-0.39, 0.29) is 40.3 Å². The Bertz CT molecular complexity index is 2020. The van der Waals surface area contributed by atoms with Gasteiger partial charge in [-0.1, -0.05) is 11.8 Å². The maximum Gasteiger partial charge on any atom is 0.335 e. The number of nitrogens with zero attached hydrogens (tertiary/aromatic N) is 4. The summed E-state index contributed by atoms with van der Waals surface area (Å²) in [5.74, 6) is 4.76. The summed E-state index contributed by atoms with van der Waals surface area (Å²) >= 11 is 0. The van der Waals surface area contributed by atoms with Gasteiger partial charge in [-0.2, -0.15) is 0 Å². The smallest absolute Gasteiger partial charge is 0.335 e. The third kappa shape index (κ3) is 7.72. The minimum atomic E-state index is -0.905. The minimum Gasteiger partial charge on any atom is -0.453 e. The molecule has 2 aromatic heterocycles. The molecular weight excluding hydrogens is 634 g/mol. The van der Waals surface area contributed by atoms with Crippen molar-refractivity contribution < 1.29 is 23.0 Å². The Balaban J connectivity index is 1.23. The van der Waals surface area contributed by atoms with E-state index in [0.717, 1.165) is 48.7 Å². The van der Waals surface area contributed by atoms with E-state index in [4.69, 9.17) is 15.2 Å². The molecule has 0 atom stereocenters. The third-order valence-corrected chi connectivity index (χ3v) is 8.82. The summed E-state index contributed by atoms with van der Waals surface area (Å²) in [5.41, 5.74) is 4.67. The third-order valence-electron chi connectivity index (χ3n) is 8.82. The first-order chi connectivity index (χ1) is 23.7. The number of nitrogen functional groups attached to an aromatic ring is 1. The number of hydrogen-bond donors (Lipinski definition) is 2. The lowest BCUT2D eigenvalue weighted by Gasteiger charge is -2.27. The largest absolute Gasteiger partial charge is 0.453 e. The summed E-state index contributed by atoms with van der Waals surface area (Å²) in [4.78, 5) is 47.0. The number of nitrogens with one attached hydrogen (secondary N) is 1. The number of anilines is 2. The van der Waals surface area contributed by atoms with E-state index in [2.05, 4.69) is 34.1 Å². The molecular formula is C36H36F2N6O5. The molecule has 2 aliphatic rings. The van der Waals surface area contributed by atoms with E-state index >= 15 is 4.39 Å². The van der Waals surface area contributed by atoms with Gasteiger partial charge < -0.3 is 25.4 Å². The van der Waals surface area contributed by atoms with Gasteiger partial charge in [0.1, 0.15) is 28.5 Å². The summed E-state index contributed by atoms with van der Waals surface area (Å²) in [6.45, 7) is 2.87. The lowest BCUT2D eigenvalue weighted by atomic mass is 9.94. The number of aromatic nitrogens is 3. The van der Waals surface area contributed by atoms with Gasteiger partial charge in [-0.15, -0.1) is 0 Å². The molecule has 0 bridgehead atoms. The number of amides is 1. The number of pyridine rings is 1. The highest BCUT2D eigenvalue weighted by Gasteiger charge is 2.24. The van der Waals surface area contributed by atoms with Gasteiger partial charge in [-0.25, -0.2) is 23.1 Å². The zero-order valence-corrected chi connectivity index (χ0v) is 27.0. The number of piperidine rings is 1. The fraction of sp³-hybridized carbons (Fsp3) is 0.333. The topological polar surface area (TPSA) is 134 Å². The Labute approximate surface area is 281 Å². The highest BCUT2D eigenvalue weighted by molar-refractivity contribution is 6.03. The van der Waals surface area contributed by atoms with E-state index < -0.39 is 28.8 Å². The molecule has 254 valence electrons. The van der Waals surface area contributed by atoms with Gasteiger partial charge in [-0.05, 0) is 88.1 Å². The SMILES string of the molecule is CN1CCC(CC#Cc2c(Oc3ccc(NC(=O)c4cn(C5CCOCC5)c(=O)n(-c5ccc(F)cc5)c4=O)cc3F)ccnc2N)CC1. The monoisotopic (exact) mass is 670 g/mol. The van der Waals surface area contributed by atoms with Crippen LogP contribution in [0.3, 0.4) is 0 Å². The van der Waals surface area contributed by atoms with Crippen LogP contribution in [0.15, 0.2) is 70.5 Å². The second-order valence-electron chi connectivity index (χ2n) is 12.2. The Kier molecular flexibility index (Phi) is 10.2. The molecule has 4 aromatic rings. The number of halogens is 2. The van der Waals surface area contributed by atoms with Gasteiger partial charge in [0.2, 0.25) is 0 Å². The highest BCUT2D eigenvalue weighted by Crippen LogP contribution is 2.31. The molecule has 13 heteroatoms. The first-order valence-electron chi connectivity index (χ1n) is 16.1. The molecule has 2 aromatic carbocycles. The lowest BCUT2D eigenvalue weighted by Crippen LogP contribution is -2.44. The van der Waals surface area contributed by atoms with Gasteiger partial charge in [0.15, 0.2) is 11.6 Å². The molecule has 2 aliphatic heterocycles. The van der Waals surface area contributed by atoms with Crippen LogP contribution < -0.4 is 27.0 Å². The van der Waals surface area contributed by atoms with Crippen molar-refractivity contribution in [2.45, 2.75) is 38.1 Å². The fourth-order valence-corrected chi connectivity index (χ4v) is 5.97. The Morgan fingerprint density at radius 1 is 1.04 bits per heavy atom. The second kappa shape index (κ2) is 14.8. The number of hydrogen-bond acceptors (Lipinski definition) is 8. The second-order valence-corrected chi connectivity index (χ2v) is 12.2. The van der Waals surface area contributed by atoms with Crippen molar-refractivity contribution in [3.05, 3.63) is 105 Å². The first-order valence-corrected chi connectivity index (χ1v) is 16.1. The van der Waals surface area contributed by atoms with Crippen LogP contribution in [-0.2, 0) is 4.74 Å². The maximum atomic E-state index is 15.4. The van der Waals surface area contributed by atoms with Crippen LogP contribution >= 0.6 is 0 Å². The van der Waals surface area contributed by atoms with Crippen molar-refractivity contribution in [1.29, 1.82) is 0 Å². The van der Waals surface area contributed by atoms with Gasteiger partial charge in [0.25, 0.3) is 11.5 Å². The summed E-state index contributed by atoms with van der Waals surface area (Å²) in [6.07, 6.45) is 6.47. The first kappa shape index (κ1) is 33.6. The van der Waals surface area contributed by atoms with Gasteiger partial charge >= 0.3 is 5.69 Å². The van der Waals surface area contributed by atoms with Crippen molar-refractivity contribution in [2.24, 2.45) is 5.92 Å². The normalized spacial score (nSPS) is 15.7. The molecule has 0 spiro atoms. The average molecular weight is 671 g/mol. The van der Waals surface area contributed by atoms with E-state index in [9.17, 15) is 18.8 Å². The summed E-state index contributed by atoms with van der Waals surface area (Å²) in [6, 6.07) is 9.81. The molecule has 49 heavy (non-hydrogen) atoms. The molecule has 0 aliphatic carbocycles. The van der Waals surface area contributed by atoms with Crippen LogP contribution in [0.2, 0.25) is 0 Å². The molecule has 1 amide bonds. The minimum absolute atomic E-state index is 0.0405.